The van der Waals surface area contributed by atoms with E-state index in [1.807, 2.05) is 0 Å². The number of hydrogen-bond acceptors (Lipinski definition) is 6. The highest BCUT2D eigenvalue weighted by atomic mass is 16.5. The van der Waals surface area contributed by atoms with Crippen LogP contribution in [0.15, 0.2) is 48.6 Å². The number of esters is 2. The highest BCUT2D eigenvalue weighted by molar-refractivity contribution is 5.81. The van der Waals surface area contributed by atoms with E-state index in [9.17, 15) is 9.59 Å². The van der Waals surface area contributed by atoms with Crippen LogP contribution in [0.25, 0.3) is 0 Å². The van der Waals surface area contributed by atoms with E-state index in [4.69, 9.17) is 14.9 Å². The first kappa shape index (κ1) is 39.1. The SMILES string of the molecule is C=CC(=O)OC.C=CC(=O)OCCC(C)CCC=C(C)C.CC(C)=CCCC(C)CCO.CO. The summed E-state index contributed by atoms with van der Waals surface area (Å²) in [7, 11) is 2.31. The zero-order valence-electron chi connectivity index (χ0n) is 23.1. The maximum atomic E-state index is 10.7. The summed E-state index contributed by atoms with van der Waals surface area (Å²) in [5, 5.41) is 15.6. The van der Waals surface area contributed by atoms with Gasteiger partial charge >= 0.3 is 11.9 Å². The van der Waals surface area contributed by atoms with Gasteiger partial charge in [0, 0.05) is 25.9 Å². The minimum atomic E-state index is -0.394. The van der Waals surface area contributed by atoms with Gasteiger partial charge in [0.05, 0.1) is 13.7 Å². The van der Waals surface area contributed by atoms with Gasteiger partial charge in [0.25, 0.3) is 0 Å². The average molecular weight is 485 g/mol. The van der Waals surface area contributed by atoms with Gasteiger partial charge in [-0.25, -0.2) is 9.59 Å². The predicted octanol–water partition coefficient (Wildman–Crippen LogP) is 6.19. The Morgan fingerprint density at radius 1 is 0.794 bits per heavy atom. The van der Waals surface area contributed by atoms with Crippen molar-refractivity contribution in [1.82, 2.24) is 0 Å². The molecule has 0 aliphatic rings. The first-order chi connectivity index (χ1) is 16.0. The molecule has 2 unspecified atom stereocenters. The first-order valence-electron chi connectivity index (χ1n) is 11.9. The molecule has 34 heavy (non-hydrogen) atoms. The summed E-state index contributed by atoms with van der Waals surface area (Å²) in [5.41, 5.74) is 2.75. The number of allylic oxidation sites excluding steroid dienone is 4. The van der Waals surface area contributed by atoms with Crippen LogP contribution >= 0.6 is 0 Å². The molecule has 0 aliphatic carbocycles. The molecule has 0 saturated heterocycles. The number of hydrogen-bond donors (Lipinski definition) is 2. The molecule has 6 heteroatoms. The number of rotatable bonds is 13. The van der Waals surface area contributed by atoms with E-state index in [1.165, 1.54) is 30.8 Å². The topological polar surface area (TPSA) is 93.1 Å². The van der Waals surface area contributed by atoms with E-state index in [0.29, 0.717) is 25.0 Å². The zero-order chi connectivity index (χ0) is 27.4. The van der Waals surface area contributed by atoms with Crippen molar-refractivity contribution in [2.45, 2.75) is 80.1 Å². The highest BCUT2D eigenvalue weighted by Gasteiger charge is 2.02. The van der Waals surface area contributed by atoms with Crippen molar-refractivity contribution >= 4 is 11.9 Å². The summed E-state index contributed by atoms with van der Waals surface area (Å²) in [4.78, 5) is 20.6. The third-order valence-corrected chi connectivity index (χ3v) is 4.44. The normalized spacial score (nSPS) is 10.6. The molecule has 6 nitrogen and oxygen atoms in total. The largest absolute Gasteiger partial charge is 0.466 e. The van der Waals surface area contributed by atoms with Crippen LogP contribution in [0.3, 0.4) is 0 Å². The van der Waals surface area contributed by atoms with Crippen molar-refractivity contribution < 1.29 is 29.3 Å². The smallest absolute Gasteiger partial charge is 0.330 e. The molecule has 2 N–H and O–H groups in total. The van der Waals surface area contributed by atoms with Crippen molar-refractivity contribution in [2.75, 3.05) is 27.4 Å². The molecule has 0 aliphatic heterocycles. The van der Waals surface area contributed by atoms with Crippen molar-refractivity contribution in [3.63, 3.8) is 0 Å². The molecule has 0 aromatic rings. The second-order valence-electron chi connectivity index (χ2n) is 8.33. The molecule has 0 rings (SSSR count). The minimum Gasteiger partial charge on any atom is -0.466 e. The maximum absolute atomic E-state index is 10.7. The fourth-order valence-electron chi connectivity index (χ4n) is 2.33. The van der Waals surface area contributed by atoms with Crippen LogP contribution < -0.4 is 0 Å². The van der Waals surface area contributed by atoms with E-state index in [0.717, 1.165) is 45.3 Å². The Kier molecular flexibility index (Phi) is 35.4. The van der Waals surface area contributed by atoms with Gasteiger partial charge in [-0.2, -0.15) is 0 Å². The Hall–Kier alpha value is -2.18. The van der Waals surface area contributed by atoms with E-state index >= 15 is 0 Å². The molecular formula is C28H52O6. The zero-order valence-corrected chi connectivity index (χ0v) is 23.1. The van der Waals surface area contributed by atoms with Gasteiger partial charge in [-0.05, 0) is 78.1 Å². The van der Waals surface area contributed by atoms with Crippen molar-refractivity contribution in [1.29, 1.82) is 0 Å². The Bertz CT molecular complexity index is 555. The summed E-state index contributed by atoms with van der Waals surface area (Å²) in [5.74, 6) is 0.537. The molecule has 0 aromatic carbocycles. The molecule has 0 spiro atoms. The fourth-order valence-corrected chi connectivity index (χ4v) is 2.33. The van der Waals surface area contributed by atoms with E-state index in [1.54, 1.807) is 0 Å². The molecule has 0 aromatic heterocycles. The molecule has 0 fully saturated rings. The van der Waals surface area contributed by atoms with Gasteiger partial charge in [0.15, 0.2) is 0 Å². The summed E-state index contributed by atoms with van der Waals surface area (Å²) in [6, 6.07) is 0. The summed E-state index contributed by atoms with van der Waals surface area (Å²) >= 11 is 0. The van der Waals surface area contributed by atoms with Crippen LogP contribution in [-0.4, -0.2) is 49.6 Å². The lowest BCUT2D eigenvalue weighted by molar-refractivity contribution is -0.138. The Morgan fingerprint density at radius 3 is 1.50 bits per heavy atom. The van der Waals surface area contributed by atoms with Crippen LogP contribution in [0, 0.1) is 11.8 Å². The Morgan fingerprint density at radius 2 is 1.21 bits per heavy atom. The standard InChI is InChI=1S/C13H22O2.C10H20O.C4H6O2.CH4O/c1-5-13(14)15-10-9-12(4)8-6-7-11(2)3;1-9(2)5-4-6-10(3)7-8-11;1-3-4(5)6-2;1-2/h5,7,12H,1,6,8-10H2,2-4H3;5,10-11H,4,6-8H2,1-3H3;3H,1H2,2H3;2H,1H3. The molecule has 0 saturated carbocycles. The molecule has 2 atom stereocenters. The van der Waals surface area contributed by atoms with Gasteiger partial charge in [-0.3, -0.25) is 0 Å². The molecule has 0 heterocycles. The van der Waals surface area contributed by atoms with Crippen LogP contribution in [0.1, 0.15) is 80.1 Å². The number of carbonyl (C=O) groups excluding carboxylic acids is 2. The lowest BCUT2D eigenvalue weighted by Crippen LogP contribution is -2.06. The number of aliphatic hydroxyl groups excluding tert-OH is 2. The predicted molar refractivity (Wildman–Crippen MR) is 143 cm³/mol. The monoisotopic (exact) mass is 484 g/mol. The molecule has 0 radical (unpaired) electrons. The highest BCUT2D eigenvalue weighted by Crippen LogP contribution is 2.12. The number of methoxy groups -OCH3 is 1. The summed E-state index contributed by atoms with van der Waals surface area (Å²) < 4.78 is 9.06. The fraction of sp³-hybridized carbons (Fsp3) is 0.643. The van der Waals surface area contributed by atoms with Gasteiger partial charge in [0.2, 0.25) is 0 Å². The molecule has 0 amide bonds. The lowest BCUT2D eigenvalue weighted by atomic mass is 10.0. The average Bonchev–Trinajstić information content (AvgIpc) is 2.80. The van der Waals surface area contributed by atoms with Crippen molar-refractivity contribution in [3.8, 4) is 0 Å². The van der Waals surface area contributed by atoms with Crippen LogP contribution in [0.2, 0.25) is 0 Å². The van der Waals surface area contributed by atoms with E-state index in [2.05, 4.69) is 71.6 Å². The second kappa shape index (κ2) is 30.8. The third-order valence-electron chi connectivity index (χ3n) is 4.44. The summed E-state index contributed by atoms with van der Waals surface area (Å²) in [6.45, 7) is 20.2. The quantitative estimate of drug-likeness (QED) is 0.184. The van der Waals surface area contributed by atoms with Gasteiger partial charge in [-0.1, -0.05) is 50.3 Å². The second-order valence-corrected chi connectivity index (χ2v) is 8.33. The minimum absolute atomic E-state index is 0.327. The van der Waals surface area contributed by atoms with Gasteiger partial charge in [0.1, 0.15) is 0 Å². The van der Waals surface area contributed by atoms with Crippen molar-refractivity contribution in [3.05, 3.63) is 48.6 Å². The lowest BCUT2D eigenvalue weighted by Gasteiger charge is -2.09. The maximum Gasteiger partial charge on any atom is 0.330 e. The number of carbonyl (C=O) groups is 2. The Labute approximate surface area is 209 Å². The molecule has 200 valence electrons. The molecular weight excluding hydrogens is 432 g/mol. The van der Waals surface area contributed by atoms with Crippen LogP contribution in [0.4, 0.5) is 0 Å². The first-order valence-corrected chi connectivity index (χ1v) is 11.9. The summed E-state index contributed by atoms with van der Waals surface area (Å²) in [6.07, 6.45) is 13.3. The van der Waals surface area contributed by atoms with Gasteiger partial charge in [-0.15, -0.1) is 0 Å². The number of ether oxygens (including phenoxy) is 2. The van der Waals surface area contributed by atoms with Crippen LogP contribution in [-0.2, 0) is 19.1 Å². The van der Waals surface area contributed by atoms with E-state index < -0.39 is 5.97 Å². The number of aliphatic hydroxyl groups is 2. The Balaban J connectivity index is -0.000000207. The third kappa shape index (κ3) is 40.2. The van der Waals surface area contributed by atoms with Crippen LogP contribution in [0.5, 0.6) is 0 Å². The van der Waals surface area contributed by atoms with Gasteiger partial charge < -0.3 is 19.7 Å². The molecule has 0 bridgehead atoms. The van der Waals surface area contributed by atoms with Crippen molar-refractivity contribution in [2.24, 2.45) is 11.8 Å². The van der Waals surface area contributed by atoms with E-state index in [-0.39, 0.29) is 5.97 Å².